The molecule has 0 atom stereocenters. The Balaban J connectivity index is 1.63. The summed E-state index contributed by atoms with van der Waals surface area (Å²) in [6, 6.07) is 5.84. The number of halogens is 2. The van der Waals surface area contributed by atoms with Crippen LogP contribution in [0, 0.1) is 5.82 Å². The SMILES string of the molecule is Fc1ccc(Cl)c(COc2ccn3ncc(-c4cn[nH]c4)c3n2)c1. The van der Waals surface area contributed by atoms with Gasteiger partial charge in [-0.05, 0) is 18.2 Å². The molecule has 0 aliphatic carbocycles. The van der Waals surface area contributed by atoms with Gasteiger partial charge in [0, 0.05) is 40.2 Å². The topological polar surface area (TPSA) is 68.1 Å². The highest BCUT2D eigenvalue weighted by atomic mass is 35.5. The van der Waals surface area contributed by atoms with E-state index >= 15 is 0 Å². The van der Waals surface area contributed by atoms with E-state index in [1.807, 2.05) is 0 Å². The van der Waals surface area contributed by atoms with Gasteiger partial charge in [0.1, 0.15) is 12.4 Å². The minimum Gasteiger partial charge on any atom is -0.473 e. The van der Waals surface area contributed by atoms with E-state index < -0.39 is 0 Å². The second-order valence-electron chi connectivity index (χ2n) is 5.10. The predicted octanol–water partition coefficient (Wildman–Crippen LogP) is 3.49. The van der Waals surface area contributed by atoms with Crippen molar-refractivity contribution in [3.05, 3.63) is 65.5 Å². The van der Waals surface area contributed by atoms with Gasteiger partial charge in [0.2, 0.25) is 5.88 Å². The first-order valence-corrected chi connectivity index (χ1v) is 7.49. The third-order valence-electron chi connectivity index (χ3n) is 3.54. The average molecular weight is 344 g/mol. The summed E-state index contributed by atoms with van der Waals surface area (Å²) in [6.45, 7) is 0.120. The van der Waals surface area contributed by atoms with Crippen LogP contribution in [-0.2, 0) is 6.61 Å². The highest BCUT2D eigenvalue weighted by Crippen LogP contribution is 2.24. The molecular weight excluding hydrogens is 333 g/mol. The van der Waals surface area contributed by atoms with Crippen molar-refractivity contribution in [3.8, 4) is 17.0 Å². The molecule has 0 fully saturated rings. The second kappa shape index (κ2) is 5.93. The summed E-state index contributed by atoms with van der Waals surface area (Å²) >= 11 is 6.04. The smallest absolute Gasteiger partial charge is 0.217 e. The van der Waals surface area contributed by atoms with E-state index in [4.69, 9.17) is 16.3 Å². The monoisotopic (exact) mass is 343 g/mol. The number of hydrogen-bond donors (Lipinski definition) is 1. The number of aromatic amines is 1. The lowest BCUT2D eigenvalue weighted by atomic mass is 10.2. The maximum Gasteiger partial charge on any atom is 0.217 e. The largest absolute Gasteiger partial charge is 0.473 e. The van der Waals surface area contributed by atoms with Gasteiger partial charge in [0.25, 0.3) is 0 Å². The Morgan fingerprint density at radius 3 is 3.00 bits per heavy atom. The van der Waals surface area contributed by atoms with Crippen LogP contribution in [0.4, 0.5) is 4.39 Å². The summed E-state index contributed by atoms with van der Waals surface area (Å²) in [4.78, 5) is 4.46. The molecule has 4 rings (SSSR count). The van der Waals surface area contributed by atoms with Crippen LogP contribution in [0.2, 0.25) is 5.02 Å². The van der Waals surface area contributed by atoms with Crippen LogP contribution in [0.15, 0.2) is 49.1 Å². The van der Waals surface area contributed by atoms with Crippen molar-refractivity contribution in [2.75, 3.05) is 0 Å². The summed E-state index contributed by atoms with van der Waals surface area (Å²) in [6.07, 6.45) is 6.91. The van der Waals surface area contributed by atoms with E-state index in [9.17, 15) is 4.39 Å². The van der Waals surface area contributed by atoms with Crippen molar-refractivity contribution in [2.24, 2.45) is 0 Å². The molecule has 3 heterocycles. The van der Waals surface area contributed by atoms with E-state index in [-0.39, 0.29) is 12.4 Å². The van der Waals surface area contributed by atoms with Crippen molar-refractivity contribution in [1.29, 1.82) is 0 Å². The highest BCUT2D eigenvalue weighted by Gasteiger charge is 2.11. The summed E-state index contributed by atoms with van der Waals surface area (Å²) in [5.74, 6) is 0.0347. The standard InChI is InChI=1S/C16H11ClFN5O/c17-14-2-1-12(18)5-10(14)9-24-15-3-4-23-16(22-15)13(8-21-23)11-6-19-20-7-11/h1-8H,9H2,(H,19,20). The number of aromatic nitrogens is 5. The molecule has 1 aromatic carbocycles. The molecule has 0 radical (unpaired) electrons. The van der Waals surface area contributed by atoms with Gasteiger partial charge in [-0.25, -0.2) is 8.91 Å². The van der Waals surface area contributed by atoms with Crippen LogP contribution in [0.25, 0.3) is 16.8 Å². The average Bonchev–Trinajstić information content (AvgIpc) is 3.24. The van der Waals surface area contributed by atoms with Crippen molar-refractivity contribution in [3.63, 3.8) is 0 Å². The van der Waals surface area contributed by atoms with E-state index in [1.54, 1.807) is 35.4 Å². The third kappa shape index (κ3) is 2.69. The van der Waals surface area contributed by atoms with Gasteiger partial charge in [-0.15, -0.1) is 0 Å². The number of rotatable bonds is 4. The van der Waals surface area contributed by atoms with E-state index in [0.717, 1.165) is 11.1 Å². The van der Waals surface area contributed by atoms with E-state index in [0.29, 0.717) is 22.1 Å². The summed E-state index contributed by atoms with van der Waals surface area (Å²) < 4.78 is 20.6. The Labute approximate surface area is 140 Å². The molecule has 0 saturated heterocycles. The Kier molecular flexibility index (Phi) is 3.62. The van der Waals surface area contributed by atoms with Crippen molar-refractivity contribution < 1.29 is 9.13 Å². The van der Waals surface area contributed by atoms with E-state index in [1.165, 1.54) is 18.2 Å². The predicted molar refractivity (Wildman–Crippen MR) is 86.3 cm³/mol. The number of H-pyrrole nitrogens is 1. The molecule has 24 heavy (non-hydrogen) atoms. The highest BCUT2D eigenvalue weighted by molar-refractivity contribution is 6.31. The molecule has 120 valence electrons. The van der Waals surface area contributed by atoms with Crippen molar-refractivity contribution >= 4 is 17.2 Å². The summed E-state index contributed by atoms with van der Waals surface area (Å²) in [7, 11) is 0. The number of hydrogen-bond acceptors (Lipinski definition) is 4. The Morgan fingerprint density at radius 1 is 1.25 bits per heavy atom. The van der Waals surface area contributed by atoms with Gasteiger partial charge in [0.05, 0.1) is 12.4 Å². The second-order valence-corrected chi connectivity index (χ2v) is 5.51. The van der Waals surface area contributed by atoms with Gasteiger partial charge in [-0.1, -0.05) is 11.6 Å². The van der Waals surface area contributed by atoms with Crippen LogP contribution in [0.5, 0.6) is 5.88 Å². The lowest BCUT2D eigenvalue weighted by Gasteiger charge is -2.07. The number of nitrogens with one attached hydrogen (secondary N) is 1. The lowest BCUT2D eigenvalue weighted by Crippen LogP contribution is -2.00. The summed E-state index contributed by atoms with van der Waals surface area (Å²) in [5.41, 5.74) is 2.90. The first-order valence-electron chi connectivity index (χ1n) is 7.11. The quantitative estimate of drug-likeness (QED) is 0.616. The molecule has 0 aliphatic rings. The van der Waals surface area contributed by atoms with Gasteiger partial charge < -0.3 is 4.74 Å². The van der Waals surface area contributed by atoms with E-state index in [2.05, 4.69) is 20.3 Å². The molecule has 8 heteroatoms. The zero-order chi connectivity index (χ0) is 16.5. The lowest BCUT2D eigenvalue weighted by molar-refractivity contribution is 0.293. The Morgan fingerprint density at radius 2 is 2.17 bits per heavy atom. The molecule has 3 aromatic heterocycles. The normalized spacial score (nSPS) is 11.1. The maximum atomic E-state index is 13.3. The van der Waals surface area contributed by atoms with Crippen molar-refractivity contribution in [1.82, 2.24) is 24.8 Å². The molecule has 0 amide bonds. The molecule has 0 bridgehead atoms. The Hall–Kier alpha value is -2.93. The zero-order valence-electron chi connectivity index (χ0n) is 12.3. The van der Waals surface area contributed by atoms with Crippen LogP contribution >= 0.6 is 11.6 Å². The molecule has 0 unspecified atom stereocenters. The maximum absolute atomic E-state index is 13.3. The number of benzene rings is 1. The fourth-order valence-corrected chi connectivity index (χ4v) is 2.51. The van der Waals surface area contributed by atoms with Crippen LogP contribution in [0.1, 0.15) is 5.56 Å². The number of ether oxygens (including phenoxy) is 1. The minimum absolute atomic E-state index is 0.120. The fourth-order valence-electron chi connectivity index (χ4n) is 2.34. The molecule has 0 saturated carbocycles. The van der Waals surface area contributed by atoms with Crippen LogP contribution in [0.3, 0.4) is 0 Å². The van der Waals surface area contributed by atoms with Crippen LogP contribution in [-0.4, -0.2) is 24.8 Å². The molecule has 0 aliphatic heterocycles. The first kappa shape index (κ1) is 14.6. The molecule has 1 N–H and O–H groups in total. The number of nitrogens with zero attached hydrogens (tertiary/aromatic N) is 4. The van der Waals surface area contributed by atoms with Crippen LogP contribution < -0.4 is 4.74 Å². The Bertz CT molecular complexity index is 999. The number of fused-ring (bicyclic) bond motifs is 1. The zero-order valence-corrected chi connectivity index (χ0v) is 13.0. The molecule has 4 aromatic rings. The molecule has 0 spiro atoms. The first-order chi connectivity index (χ1) is 11.7. The van der Waals surface area contributed by atoms with Gasteiger partial charge >= 0.3 is 0 Å². The fraction of sp³-hybridized carbons (Fsp3) is 0.0625. The van der Waals surface area contributed by atoms with Gasteiger partial charge in [-0.3, -0.25) is 5.10 Å². The van der Waals surface area contributed by atoms with Crippen molar-refractivity contribution in [2.45, 2.75) is 6.61 Å². The summed E-state index contributed by atoms with van der Waals surface area (Å²) in [5, 5.41) is 11.4. The minimum atomic E-state index is -0.362. The molecular formula is C16H11ClFN5O. The third-order valence-corrected chi connectivity index (χ3v) is 3.90. The molecule has 6 nitrogen and oxygen atoms in total. The van der Waals surface area contributed by atoms with Gasteiger partial charge in [0.15, 0.2) is 5.65 Å². The van der Waals surface area contributed by atoms with Gasteiger partial charge in [-0.2, -0.15) is 15.2 Å².